The molecule has 1 amide bonds. The zero-order valence-corrected chi connectivity index (χ0v) is 13.1. The number of aromatic nitrogens is 4. The molecule has 1 atom stereocenters. The second-order valence-electron chi connectivity index (χ2n) is 5.20. The smallest absolute Gasteiger partial charge is 0.252 e. The highest BCUT2D eigenvalue weighted by atomic mass is 16.5. The summed E-state index contributed by atoms with van der Waals surface area (Å²) in [6, 6.07) is 8.76. The molecule has 3 aromatic rings. The first kappa shape index (κ1) is 15.0. The van der Waals surface area contributed by atoms with Crippen molar-refractivity contribution in [1.29, 1.82) is 0 Å². The highest BCUT2D eigenvalue weighted by Gasteiger charge is 2.18. The topological polar surface area (TPSA) is 92.8 Å². The SMILES string of the molecule is COc1cc(C(=O)N[C@@H](C)c2n[nH]c(C)n2)c2ccccc2n1. The molecule has 0 spiro atoms. The fourth-order valence-electron chi connectivity index (χ4n) is 2.34. The first-order chi connectivity index (χ1) is 11.1. The third-order valence-corrected chi connectivity index (χ3v) is 3.50. The Bertz CT molecular complexity index is 859. The van der Waals surface area contributed by atoms with E-state index < -0.39 is 0 Å². The molecule has 2 heterocycles. The van der Waals surface area contributed by atoms with E-state index in [9.17, 15) is 4.79 Å². The molecule has 0 bridgehead atoms. The van der Waals surface area contributed by atoms with Crippen LogP contribution in [0.5, 0.6) is 5.88 Å². The van der Waals surface area contributed by atoms with Crippen molar-refractivity contribution in [3.05, 3.63) is 47.5 Å². The maximum absolute atomic E-state index is 12.7. The molecule has 0 radical (unpaired) electrons. The van der Waals surface area contributed by atoms with E-state index in [0.717, 1.165) is 5.39 Å². The maximum atomic E-state index is 12.7. The van der Waals surface area contributed by atoms with Crippen molar-refractivity contribution in [2.45, 2.75) is 19.9 Å². The molecule has 0 aliphatic heterocycles. The molecule has 2 aromatic heterocycles. The van der Waals surface area contributed by atoms with Crippen LogP contribution >= 0.6 is 0 Å². The quantitative estimate of drug-likeness (QED) is 0.770. The van der Waals surface area contributed by atoms with Gasteiger partial charge in [-0.2, -0.15) is 5.10 Å². The number of nitrogens with one attached hydrogen (secondary N) is 2. The zero-order valence-electron chi connectivity index (χ0n) is 13.1. The lowest BCUT2D eigenvalue weighted by Crippen LogP contribution is -2.27. The van der Waals surface area contributed by atoms with Crippen molar-refractivity contribution in [2.75, 3.05) is 7.11 Å². The number of rotatable bonds is 4. The number of pyridine rings is 1. The number of benzene rings is 1. The van der Waals surface area contributed by atoms with Gasteiger partial charge in [0.1, 0.15) is 5.82 Å². The van der Waals surface area contributed by atoms with Crippen molar-refractivity contribution in [3.8, 4) is 5.88 Å². The number of carbonyl (C=O) groups excluding carboxylic acids is 1. The summed E-state index contributed by atoms with van der Waals surface area (Å²) in [4.78, 5) is 21.2. The Morgan fingerprint density at radius 1 is 1.30 bits per heavy atom. The molecule has 7 heteroatoms. The Kier molecular flexibility index (Phi) is 3.92. The number of aromatic amines is 1. The van der Waals surface area contributed by atoms with E-state index in [1.807, 2.05) is 38.1 Å². The van der Waals surface area contributed by atoms with Crippen LogP contribution in [0, 0.1) is 6.92 Å². The highest BCUT2D eigenvalue weighted by molar-refractivity contribution is 6.06. The zero-order chi connectivity index (χ0) is 16.4. The molecule has 7 nitrogen and oxygen atoms in total. The lowest BCUT2D eigenvalue weighted by molar-refractivity contribution is 0.0939. The number of para-hydroxylation sites is 1. The largest absolute Gasteiger partial charge is 0.481 e. The second-order valence-corrected chi connectivity index (χ2v) is 5.20. The summed E-state index contributed by atoms with van der Waals surface area (Å²) in [6.45, 7) is 3.65. The van der Waals surface area contributed by atoms with Gasteiger partial charge in [-0.15, -0.1) is 0 Å². The van der Waals surface area contributed by atoms with E-state index >= 15 is 0 Å². The van der Waals surface area contributed by atoms with Crippen molar-refractivity contribution < 1.29 is 9.53 Å². The van der Waals surface area contributed by atoms with Gasteiger partial charge in [-0.1, -0.05) is 18.2 Å². The molecule has 3 rings (SSSR count). The Labute approximate surface area is 133 Å². The number of H-pyrrole nitrogens is 1. The summed E-state index contributed by atoms with van der Waals surface area (Å²) < 4.78 is 5.19. The van der Waals surface area contributed by atoms with E-state index in [1.54, 1.807) is 6.07 Å². The van der Waals surface area contributed by atoms with Gasteiger partial charge in [-0.3, -0.25) is 9.89 Å². The molecule has 0 fully saturated rings. The Hall–Kier alpha value is -2.96. The van der Waals surface area contributed by atoms with Crippen LogP contribution in [0.3, 0.4) is 0 Å². The van der Waals surface area contributed by atoms with Gasteiger partial charge < -0.3 is 10.1 Å². The lowest BCUT2D eigenvalue weighted by Gasteiger charge is -2.13. The molecule has 0 saturated heterocycles. The monoisotopic (exact) mass is 311 g/mol. The van der Waals surface area contributed by atoms with E-state index in [4.69, 9.17) is 4.74 Å². The molecule has 0 unspecified atom stereocenters. The number of fused-ring (bicyclic) bond motifs is 1. The molecule has 0 aliphatic carbocycles. The molecule has 2 N–H and O–H groups in total. The molecular weight excluding hydrogens is 294 g/mol. The Morgan fingerprint density at radius 2 is 2.09 bits per heavy atom. The maximum Gasteiger partial charge on any atom is 0.252 e. The summed E-state index contributed by atoms with van der Waals surface area (Å²) >= 11 is 0. The van der Waals surface area contributed by atoms with Crippen molar-refractivity contribution >= 4 is 16.8 Å². The fraction of sp³-hybridized carbons (Fsp3) is 0.250. The van der Waals surface area contributed by atoms with Gasteiger partial charge >= 0.3 is 0 Å². The second kappa shape index (κ2) is 6.04. The molecule has 23 heavy (non-hydrogen) atoms. The predicted molar refractivity (Wildman–Crippen MR) is 85.3 cm³/mol. The number of methoxy groups -OCH3 is 1. The normalized spacial score (nSPS) is 12.1. The van der Waals surface area contributed by atoms with Gasteiger partial charge in [-0.25, -0.2) is 9.97 Å². The fourth-order valence-corrected chi connectivity index (χ4v) is 2.34. The van der Waals surface area contributed by atoms with E-state index in [1.165, 1.54) is 7.11 Å². The van der Waals surface area contributed by atoms with E-state index in [0.29, 0.717) is 28.6 Å². The number of amides is 1. The number of carbonyl (C=O) groups is 1. The first-order valence-corrected chi connectivity index (χ1v) is 7.22. The number of aryl methyl sites for hydroxylation is 1. The van der Waals surface area contributed by atoms with E-state index in [2.05, 4.69) is 25.5 Å². The van der Waals surface area contributed by atoms with Gasteiger partial charge in [0.15, 0.2) is 5.82 Å². The third kappa shape index (κ3) is 2.98. The Balaban J connectivity index is 1.94. The summed E-state index contributed by atoms with van der Waals surface area (Å²) in [5, 5.41) is 10.5. The minimum atomic E-state index is -0.314. The average Bonchev–Trinajstić information content (AvgIpc) is 3.00. The Morgan fingerprint density at radius 3 is 2.78 bits per heavy atom. The molecular formula is C16H17N5O2. The van der Waals surface area contributed by atoms with Crippen molar-refractivity contribution in [3.63, 3.8) is 0 Å². The number of hydrogen-bond acceptors (Lipinski definition) is 5. The number of hydrogen-bond donors (Lipinski definition) is 2. The summed E-state index contributed by atoms with van der Waals surface area (Å²) in [7, 11) is 1.53. The van der Waals surface area contributed by atoms with Crippen LogP contribution < -0.4 is 10.1 Å². The van der Waals surface area contributed by atoms with Crippen LogP contribution in [0.1, 0.15) is 35.0 Å². The van der Waals surface area contributed by atoms with Crippen LogP contribution in [-0.4, -0.2) is 33.2 Å². The first-order valence-electron chi connectivity index (χ1n) is 7.22. The van der Waals surface area contributed by atoms with Gasteiger partial charge in [0.2, 0.25) is 5.88 Å². The summed E-state index contributed by atoms with van der Waals surface area (Å²) in [5.74, 6) is 1.42. The molecule has 118 valence electrons. The third-order valence-electron chi connectivity index (χ3n) is 3.50. The van der Waals surface area contributed by atoms with Crippen LogP contribution in [0.2, 0.25) is 0 Å². The minimum absolute atomic E-state index is 0.225. The standard InChI is InChI=1S/C16H17N5O2/c1-9(15-18-10(2)20-21-15)17-16(22)12-8-14(23-3)19-13-7-5-4-6-11(12)13/h4-9H,1-3H3,(H,17,22)(H,18,20,21)/t9-/m0/s1. The van der Waals surface area contributed by atoms with Crippen LogP contribution in [0.25, 0.3) is 10.9 Å². The molecule has 0 aliphatic rings. The number of ether oxygens (including phenoxy) is 1. The van der Waals surface area contributed by atoms with Gasteiger partial charge in [0, 0.05) is 11.5 Å². The number of nitrogens with zero attached hydrogens (tertiary/aromatic N) is 3. The summed E-state index contributed by atoms with van der Waals surface area (Å²) in [6.07, 6.45) is 0. The average molecular weight is 311 g/mol. The van der Waals surface area contributed by atoms with Gasteiger partial charge in [0.25, 0.3) is 5.91 Å². The van der Waals surface area contributed by atoms with Crippen LogP contribution in [-0.2, 0) is 0 Å². The van der Waals surface area contributed by atoms with Crippen molar-refractivity contribution in [2.24, 2.45) is 0 Å². The molecule has 1 aromatic carbocycles. The van der Waals surface area contributed by atoms with Gasteiger partial charge in [-0.05, 0) is 19.9 Å². The van der Waals surface area contributed by atoms with Gasteiger partial charge in [0.05, 0.1) is 24.2 Å². The van der Waals surface area contributed by atoms with Crippen molar-refractivity contribution in [1.82, 2.24) is 25.5 Å². The van der Waals surface area contributed by atoms with Crippen LogP contribution in [0.15, 0.2) is 30.3 Å². The predicted octanol–water partition coefficient (Wildman–Crippen LogP) is 2.16. The van der Waals surface area contributed by atoms with E-state index in [-0.39, 0.29) is 11.9 Å². The lowest BCUT2D eigenvalue weighted by atomic mass is 10.1. The summed E-state index contributed by atoms with van der Waals surface area (Å²) in [5.41, 5.74) is 1.21. The van der Waals surface area contributed by atoms with Crippen LogP contribution in [0.4, 0.5) is 0 Å². The minimum Gasteiger partial charge on any atom is -0.481 e. The molecule has 0 saturated carbocycles. The highest BCUT2D eigenvalue weighted by Crippen LogP contribution is 2.22.